The van der Waals surface area contributed by atoms with Crippen molar-refractivity contribution >= 4 is 5.78 Å². The zero-order valence-corrected chi connectivity index (χ0v) is 8.79. The van der Waals surface area contributed by atoms with E-state index in [0.717, 1.165) is 25.2 Å². The van der Waals surface area contributed by atoms with Gasteiger partial charge in [-0.3, -0.25) is 4.79 Å². The molecule has 3 nitrogen and oxygen atoms in total. The predicted molar refractivity (Wildman–Crippen MR) is 56.7 cm³/mol. The van der Waals surface area contributed by atoms with E-state index in [-0.39, 0.29) is 5.78 Å². The minimum atomic E-state index is 0.0449. The van der Waals surface area contributed by atoms with Gasteiger partial charge in [-0.15, -0.1) is 0 Å². The van der Waals surface area contributed by atoms with Crippen LogP contribution in [0.25, 0.3) is 0 Å². The first-order valence-electron chi connectivity index (χ1n) is 5.18. The van der Waals surface area contributed by atoms with Crippen molar-refractivity contribution in [3.8, 4) is 11.5 Å². The molecule has 2 rings (SSSR count). The van der Waals surface area contributed by atoms with Crippen LogP contribution in [0.15, 0.2) is 18.2 Å². The Hall–Kier alpha value is -1.51. The molecule has 0 saturated heterocycles. The maximum Gasteiger partial charge on any atom is 0.161 e. The van der Waals surface area contributed by atoms with Crippen LogP contribution in [0.2, 0.25) is 0 Å². The number of benzene rings is 1. The number of ketones is 1. The lowest BCUT2D eigenvalue weighted by atomic mass is 10.1. The lowest BCUT2D eigenvalue weighted by molar-refractivity contribution is 0.101. The Morgan fingerprint density at radius 3 is 2.47 bits per heavy atom. The number of fused-ring (bicyclic) bond motifs is 1. The van der Waals surface area contributed by atoms with Gasteiger partial charge in [-0.05, 0) is 38.0 Å². The van der Waals surface area contributed by atoms with Gasteiger partial charge in [-0.25, -0.2) is 0 Å². The first-order chi connectivity index (χ1) is 7.27. The molecule has 0 fully saturated rings. The standard InChI is InChI=1S/C12H14O3/c1-9(13)10-4-5-11-12(8-10)15-7-3-2-6-14-11/h4-5,8H,2-3,6-7H2,1H3. The molecule has 1 aliphatic rings. The van der Waals surface area contributed by atoms with Crippen molar-refractivity contribution in [2.45, 2.75) is 19.8 Å². The van der Waals surface area contributed by atoms with Gasteiger partial charge in [-0.2, -0.15) is 0 Å². The summed E-state index contributed by atoms with van der Waals surface area (Å²) in [5.41, 5.74) is 0.665. The van der Waals surface area contributed by atoms with Gasteiger partial charge >= 0.3 is 0 Å². The Morgan fingerprint density at radius 1 is 1.13 bits per heavy atom. The van der Waals surface area contributed by atoms with Gasteiger partial charge in [0.05, 0.1) is 13.2 Å². The number of hydrogen-bond acceptors (Lipinski definition) is 3. The van der Waals surface area contributed by atoms with Crippen LogP contribution in [0, 0.1) is 0 Å². The molecule has 0 N–H and O–H groups in total. The first-order valence-corrected chi connectivity index (χ1v) is 5.18. The molecule has 0 unspecified atom stereocenters. The fourth-order valence-corrected chi connectivity index (χ4v) is 1.53. The van der Waals surface area contributed by atoms with E-state index in [2.05, 4.69) is 0 Å². The number of Topliss-reactive ketones (excluding diaryl/α,β-unsaturated/α-hetero) is 1. The summed E-state index contributed by atoms with van der Waals surface area (Å²) in [4.78, 5) is 11.2. The van der Waals surface area contributed by atoms with Gasteiger partial charge in [0.25, 0.3) is 0 Å². The second-order valence-corrected chi connectivity index (χ2v) is 3.62. The molecule has 3 heteroatoms. The highest BCUT2D eigenvalue weighted by Crippen LogP contribution is 2.30. The number of hydrogen-bond donors (Lipinski definition) is 0. The molecule has 1 aromatic carbocycles. The van der Waals surface area contributed by atoms with Crippen LogP contribution in [0.5, 0.6) is 11.5 Å². The van der Waals surface area contributed by atoms with Crippen molar-refractivity contribution in [3.05, 3.63) is 23.8 Å². The van der Waals surface area contributed by atoms with Gasteiger partial charge in [0.1, 0.15) is 0 Å². The van der Waals surface area contributed by atoms with Crippen molar-refractivity contribution in [1.29, 1.82) is 0 Å². The van der Waals surface area contributed by atoms with Crippen LogP contribution in [0.4, 0.5) is 0 Å². The van der Waals surface area contributed by atoms with Gasteiger partial charge in [0.15, 0.2) is 17.3 Å². The summed E-state index contributed by atoms with van der Waals surface area (Å²) < 4.78 is 11.1. The van der Waals surface area contributed by atoms with Crippen molar-refractivity contribution in [3.63, 3.8) is 0 Å². The Balaban J connectivity index is 2.31. The average molecular weight is 206 g/mol. The minimum Gasteiger partial charge on any atom is -0.490 e. The second kappa shape index (κ2) is 4.34. The first kappa shape index (κ1) is 10.0. The highest BCUT2D eigenvalue weighted by Gasteiger charge is 2.11. The molecule has 1 heterocycles. The van der Waals surface area contributed by atoms with Crippen LogP contribution in [0.3, 0.4) is 0 Å². The summed E-state index contributed by atoms with van der Waals surface area (Å²) in [6.45, 7) is 2.96. The summed E-state index contributed by atoms with van der Waals surface area (Å²) >= 11 is 0. The SMILES string of the molecule is CC(=O)c1ccc2c(c1)OCCCCO2. The largest absolute Gasteiger partial charge is 0.490 e. The topological polar surface area (TPSA) is 35.5 Å². The van der Waals surface area contributed by atoms with E-state index < -0.39 is 0 Å². The quantitative estimate of drug-likeness (QED) is 0.662. The number of carbonyl (C=O) groups excluding carboxylic acids is 1. The third kappa shape index (κ3) is 2.29. The van der Waals surface area contributed by atoms with Crippen LogP contribution >= 0.6 is 0 Å². The van der Waals surface area contributed by atoms with Gasteiger partial charge < -0.3 is 9.47 Å². The summed E-state index contributed by atoms with van der Waals surface area (Å²) in [7, 11) is 0. The highest BCUT2D eigenvalue weighted by molar-refractivity contribution is 5.94. The molecule has 0 bridgehead atoms. The van der Waals surface area contributed by atoms with Gasteiger partial charge in [-0.1, -0.05) is 0 Å². The normalized spacial score (nSPS) is 15.3. The van der Waals surface area contributed by atoms with E-state index in [1.165, 1.54) is 0 Å². The third-order valence-electron chi connectivity index (χ3n) is 2.40. The van der Waals surface area contributed by atoms with Crippen molar-refractivity contribution in [2.75, 3.05) is 13.2 Å². The third-order valence-corrected chi connectivity index (χ3v) is 2.40. The van der Waals surface area contributed by atoms with E-state index in [1.54, 1.807) is 25.1 Å². The Labute approximate surface area is 89.0 Å². The smallest absolute Gasteiger partial charge is 0.161 e. The van der Waals surface area contributed by atoms with Crippen LogP contribution in [-0.2, 0) is 0 Å². The fraction of sp³-hybridized carbons (Fsp3) is 0.417. The monoisotopic (exact) mass is 206 g/mol. The van der Waals surface area contributed by atoms with E-state index >= 15 is 0 Å². The molecule has 1 aliphatic heterocycles. The highest BCUT2D eigenvalue weighted by atomic mass is 16.5. The molecule has 80 valence electrons. The van der Waals surface area contributed by atoms with Crippen molar-refractivity contribution in [2.24, 2.45) is 0 Å². The second-order valence-electron chi connectivity index (χ2n) is 3.62. The number of carbonyl (C=O) groups is 1. The van der Waals surface area contributed by atoms with Crippen LogP contribution < -0.4 is 9.47 Å². The summed E-state index contributed by atoms with van der Waals surface area (Å²) in [6.07, 6.45) is 2.00. The molecule has 15 heavy (non-hydrogen) atoms. The molecule has 0 saturated carbocycles. The maximum absolute atomic E-state index is 11.2. The van der Waals surface area contributed by atoms with Crippen molar-refractivity contribution in [1.82, 2.24) is 0 Å². The molecule has 0 radical (unpaired) electrons. The summed E-state index contributed by atoms with van der Waals surface area (Å²) in [5.74, 6) is 1.46. The predicted octanol–water partition coefficient (Wildman–Crippen LogP) is 2.44. The molecule has 0 aliphatic carbocycles. The van der Waals surface area contributed by atoms with E-state index in [4.69, 9.17) is 9.47 Å². The van der Waals surface area contributed by atoms with Gasteiger partial charge in [0, 0.05) is 5.56 Å². The van der Waals surface area contributed by atoms with E-state index in [0.29, 0.717) is 17.9 Å². The number of ether oxygens (including phenoxy) is 2. The molecular formula is C12H14O3. The Bertz CT molecular complexity index is 371. The Kier molecular flexibility index (Phi) is 2.90. The Morgan fingerprint density at radius 2 is 1.80 bits per heavy atom. The molecule has 0 spiro atoms. The summed E-state index contributed by atoms with van der Waals surface area (Å²) in [5, 5.41) is 0. The maximum atomic E-state index is 11.2. The van der Waals surface area contributed by atoms with Crippen molar-refractivity contribution < 1.29 is 14.3 Å². The van der Waals surface area contributed by atoms with Crippen LogP contribution in [0.1, 0.15) is 30.1 Å². The van der Waals surface area contributed by atoms with E-state index in [9.17, 15) is 4.79 Å². The lowest BCUT2D eigenvalue weighted by Gasteiger charge is -2.16. The number of rotatable bonds is 1. The molecular weight excluding hydrogens is 192 g/mol. The van der Waals surface area contributed by atoms with E-state index in [1.807, 2.05) is 0 Å². The minimum absolute atomic E-state index is 0.0449. The summed E-state index contributed by atoms with van der Waals surface area (Å²) in [6, 6.07) is 5.33. The molecule has 0 aromatic heterocycles. The molecule has 0 amide bonds. The molecule has 1 aromatic rings. The van der Waals surface area contributed by atoms with Crippen LogP contribution in [-0.4, -0.2) is 19.0 Å². The van der Waals surface area contributed by atoms with Gasteiger partial charge in [0.2, 0.25) is 0 Å². The zero-order valence-electron chi connectivity index (χ0n) is 8.79. The zero-order chi connectivity index (χ0) is 10.7. The lowest BCUT2D eigenvalue weighted by Crippen LogP contribution is -2.09. The fourth-order valence-electron chi connectivity index (χ4n) is 1.53. The molecule has 0 atom stereocenters. The average Bonchev–Trinajstić information content (AvgIpc) is 2.18.